The number of rotatable bonds is 6. The highest BCUT2D eigenvalue weighted by atomic mass is 19.1. The number of benzene rings is 1. The van der Waals surface area contributed by atoms with Crippen molar-refractivity contribution in [2.45, 2.75) is 37.6 Å². The normalized spacial score (nSPS) is 15.9. The summed E-state index contributed by atoms with van der Waals surface area (Å²) in [5, 5.41) is 9.44. The molecule has 0 unspecified atom stereocenters. The van der Waals surface area contributed by atoms with E-state index in [-0.39, 0.29) is 24.9 Å². The number of nitrogens with zero attached hydrogens (tertiary/aromatic N) is 2. The molecule has 0 bridgehead atoms. The number of hydrogen-bond acceptors (Lipinski definition) is 3. The molecular formula is C20H23FN2O2. The fraction of sp³-hybridized carbons (Fsp3) is 0.400. The van der Waals surface area contributed by atoms with Crippen molar-refractivity contribution in [3.8, 4) is 0 Å². The van der Waals surface area contributed by atoms with Gasteiger partial charge in [0, 0.05) is 25.5 Å². The monoisotopic (exact) mass is 342 g/mol. The van der Waals surface area contributed by atoms with Crippen molar-refractivity contribution < 1.29 is 14.3 Å². The van der Waals surface area contributed by atoms with Gasteiger partial charge in [-0.05, 0) is 42.2 Å². The molecule has 0 radical (unpaired) electrons. The Morgan fingerprint density at radius 2 is 1.92 bits per heavy atom. The number of hydrogen-bond donors (Lipinski definition) is 1. The third-order valence-electron chi connectivity index (χ3n) is 5.02. The zero-order valence-corrected chi connectivity index (χ0v) is 14.2. The maximum absolute atomic E-state index is 13.4. The second-order valence-corrected chi connectivity index (χ2v) is 6.61. The molecule has 4 nitrogen and oxygen atoms in total. The molecule has 1 aliphatic carbocycles. The number of aliphatic hydroxyl groups is 1. The van der Waals surface area contributed by atoms with Gasteiger partial charge in [0.25, 0.3) is 0 Å². The van der Waals surface area contributed by atoms with Gasteiger partial charge in [-0.15, -0.1) is 0 Å². The van der Waals surface area contributed by atoms with E-state index in [4.69, 9.17) is 0 Å². The van der Waals surface area contributed by atoms with E-state index in [1.807, 2.05) is 12.1 Å². The van der Waals surface area contributed by atoms with Crippen LogP contribution in [0, 0.1) is 5.82 Å². The van der Waals surface area contributed by atoms with Crippen molar-refractivity contribution in [2.24, 2.45) is 0 Å². The zero-order valence-electron chi connectivity index (χ0n) is 14.2. The van der Waals surface area contributed by atoms with Crippen molar-refractivity contribution in [2.75, 3.05) is 13.2 Å². The molecule has 0 aliphatic heterocycles. The topological polar surface area (TPSA) is 53.4 Å². The molecular weight excluding hydrogens is 319 g/mol. The van der Waals surface area contributed by atoms with Crippen LogP contribution >= 0.6 is 0 Å². The van der Waals surface area contributed by atoms with Crippen molar-refractivity contribution in [1.82, 2.24) is 9.88 Å². The molecule has 0 atom stereocenters. The van der Waals surface area contributed by atoms with E-state index in [1.54, 1.807) is 29.4 Å². The Hall–Kier alpha value is -2.27. The largest absolute Gasteiger partial charge is 0.395 e. The minimum absolute atomic E-state index is 0.00881. The smallest absolute Gasteiger partial charge is 0.233 e. The van der Waals surface area contributed by atoms with Crippen LogP contribution in [0.15, 0.2) is 48.8 Å². The highest BCUT2D eigenvalue weighted by Gasteiger charge is 2.44. The molecule has 3 rings (SSSR count). The van der Waals surface area contributed by atoms with Gasteiger partial charge in [-0.1, -0.05) is 31.0 Å². The minimum atomic E-state index is -0.620. The Bertz CT molecular complexity index is 697. The number of aliphatic hydroxyl groups excluding tert-OH is 1. The molecule has 25 heavy (non-hydrogen) atoms. The highest BCUT2D eigenvalue weighted by Crippen LogP contribution is 2.42. The van der Waals surface area contributed by atoms with E-state index in [9.17, 15) is 14.3 Å². The molecule has 132 valence electrons. The Morgan fingerprint density at radius 1 is 1.20 bits per heavy atom. The van der Waals surface area contributed by atoms with Crippen LogP contribution in [0.4, 0.5) is 4.39 Å². The number of carbonyl (C=O) groups excluding carboxylic acids is 1. The number of halogens is 1. The van der Waals surface area contributed by atoms with Crippen molar-refractivity contribution in [3.63, 3.8) is 0 Å². The lowest BCUT2D eigenvalue weighted by Crippen LogP contribution is -2.46. The third-order valence-corrected chi connectivity index (χ3v) is 5.02. The fourth-order valence-corrected chi connectivity index (χ4v) is 3.76. The van der Waals surface area contributed by atoms with Crippen LogP contribution in [-0.2, 0) is 16.8 Å². The molecule has 1 N–H and O–H groups in total. The number of amides is 1. The van der Waals surface area contributed by atoms with E-state index in [1.165, 1.54) is 12.1 Å². The van der Waals surface area contributed by atoms with Gasteiger partial charge in [0.15, 0.2) is 0 Å². The Kier molecular flexibility index (Phi) is 5.43. The summed E-state index contributed by atoms with van der Waals surface area (Å²) in [6, 6.07) is 10.0. The summed E-state index contributed by atoms with van der Waals surface area (Å²) in [5.41, 5.74) is 1.17. The lowest BCUT2D eigenvalue weighted by Gasteiger charge is -2.35. The van der Waals surface area contributed by atoms with Gasteiger partial charge in [0.1, 0.15) is 5.82 Å². The first-order chi connectivity index (χ1) is 12.2. The van der Waals surface area contributed by atoms with Crippen LogP contribution in [0.5, 0.6) is 0 Å². The third kappa shape index (κ3) is 3.71. The average molecular weight is 342 g/mol. The first-order valence-corrected chi connectivity index (χ1v) is 8.71. The van der Waals surface area contributed by atoms with Gasteiger partial charge < -0.3 is 10.0 Å². The SMILES string of the molecule is O=C(N(CCO)Cc1cccnc1)C1(c2ccc(F)cc2)CCCC1. The van der Waals surface area contributed by atoms with Crippen LogP contribution in [-0.4, -0.2) is 34.0 Å². The van der Waals surface area contributed by atoms with Gasteiger partial charge >= 0.3 is 0 Å². The Balaban J connectivity index is 1.90. The fourth-order valence-electron chi connectivity index (χ4n) is 3.76. The molecule has 1 aromatic heterocycles. The highest BCUT2D eigenvalue weighted by molar-refractivity contribution is 5.88. The summed E-state index contributed by atoms with van der Waals surface area (Å²) in [6.07, 6.45) is 6.89. The summed E-state index contributed by atoms with van der Waals surface area (Å²) >= 11 is 0. The minimum Gasteiger partial charge on any atom is -0.395 e. The lowest BCUT2D eigenvalue weighted by molar-refractivity contribution is -0.138. The molecule has 0 spiro atoms. The molecule has 1 heterocycles. The van der Waals surface area contributed by atoms with Crippen LogP contribution in [0.25, 0.3) is 0 Å². The summed E-state index contributed by atoms with van der Waals surface area (Å²) in [5.74, 6) is -0.290. The Labute approximate surface area is 147 Å². The molecule has 1 amide bonds. The summed E-state index contributed by atoms with van der Waals surface area (Å²) in [4.78, 5) is 19.2. The van der Waals surface area contributed by atoms with E-state index in [2.05, 4.69) is 4.98 Å². The Morgan fingerprint density at radius 3 is 2.52 bits per heavy atom. The summed E-state index contributed by atoms with van der Waals surface area (Å²) < 4.78 is 13.3. The van der Waals surface area contributed by atoms with E-state index >= 15 is 0 Å². The van der Waals surface area contributed by atoms with Crippen LogP contribution < -0.4 is 0 Å². The van der Waals surface area contributed by atoms with Crippen molar-refractivity contribution in [3.05, 3.63) is 65.7 Å². The number of pyridine rings is 1. The maximum atomic E-state index is 13.4. The van der Waals surface area contributed by atoms with Crippen LogP contribution in [0.2, 0.25) is 0 Å². The summed E-state index contributed by atoms with van der Waals surface area (Å²) in [6.45, 7) is 0.596. The van der Waals surface area contributed by atoms with Gasteiger partial charge in [-0.25, -0.2) is 4.39 Å². The molecule has 5 heteroatoms. The standard InChI is InChI=1S/C20H23FN2O2/c21-18-7-5-17(6-8-18)20(9-1-2-10-20)19(25)23(12-13-24)15-16-4-3-11-22-14-16/h3-8,11,14,24H,1-2,9-10,12-13,15H2. The average Bonchev–Trinajstić information content (AvgIpc) is 3.13. The van der Waals surface area contributed by atoms with E-state index in [0.717, 1.165) is 36.8 Å². The number of aromatic nitrogens is 1. The van der Waals surface area contributed by atoms with Gasteiger partial charge in [0.05, 0.1) is 12.0 Å². The second-order valence-electron chi connectivity index (χ2n) is 6.61. The van der Waals surface area contributed by atoms with Crippen LogP contribution in [0.3, 0.4) is 0 Å². The first-order valence-electron chi connectivity index (χ1n) is 8.71. The molecule has 1 fully saturated rings. The predicted octanol–water partition coefficient (Wildman–Crippen LogP) is 3.05. The lowest BCUT2D eigenvalue weighted by atomic mass is 9.77. The molecule has 1 aromatic carbocycles. The maximum Gasteiger partial charge on any atom is 0.233 e. The van der Waals surface area contributed by atoms with Gasteiger partial charge in [-0.2, -0.15) is 0 Å². The summed E-state index contributed by atoms with van der Waals surface area (Å²) in [7, 11) is 0. The van der Waals surface area contributed by atoms with Gasteiger partial charge in [-0.3, -0.25) is 9.78 Å². The molecule has 0 saturated heterocycles. The molecule has 2 aromatic rings. The van der Waals surface area contributed by atoms with Gasteiger partial charge in [0.2, 0.25) is 5.91 Å². The van der Waals surface area contributed by atoms with E-state index in [0.29, 0.717) is 6.54 Å². The molecule has 1 saturated carbocycles. The zero-order chi connectivity index (χ0) is 17.7. The predicted molar refractivity (Wildman–Crippen MR) is 93.3 cm³/mol. The molecule has 1 aliphatic rings. The number of carbonyl (C=O) groups is 1. The second kappa shape index (κ2) is 7.74. The van der Waals surface area contributed by atoms with Crippen molar-refractivity contribution in [1.29, 1.82) is 0 Å². The van der Waals surface area contributed by atoms with E-state index < -0.39 is 5.41 Å². The quantitative estimate of drug-likeness (QED) is 0.878. The first kappa shape index (κ1) is 17.5. The van der Waals surface area contributed by atoms with Crippen molar-refractivity contribution >= 4 is 5.91 Å². The van der Waals surface area contributed by atoms with Crippen LogP contribution in [0.1, 0.15) is 36.8 Å².